The number of hydrogen-bond acceptors (Lipinski definition) is 2. The lowest BCUT2D eigenvalue weighted by molar-refractivity contribution is -0.501. The Morgan fingerprint density at radius 1 is 1.40 bits per heavy atom. The fraction of sp³-hybridized carbons (Fsp3) is 0.364. The molecule has 78 valence electrons. The van der Waals surface area contributed by atoms with E-state index in [9.17, 15) is 9.77 Å². The van der Waals surface area contributed by atoms with Crippen molar-refractivity contribution >= 4 is 19.3 Å². The molecule has 0 aromatic heterocycles. The van der Waals surface area contributed by atoms with Gasteiger partial charge in [-0.3, -0.25) is 0 Å². The van der Waals surface area contributed by atoms with Gasteiger partial charge in [-0.1, -0.05) is 22.8 Å². The molecule has 1 aromatic carbocycles. The second-order valence-electron chi connectivity index (χ2n) is 3.89. The Balaban J connectivity index is 2.33. The van der Waals surface area contributed by atoms with Gasteiger partial charge in [-0.05, 0) is 12.1 Å². The van der Waals surface area contributed by atoms with Crippen LogP contribution in [0.3, 0.4) is 0 Å². The smallest absolute Gasteiger partial charge is 0.454 e. The van der Waals surface area contributed by atoms with E-state index in [1.54, 1.807) is 13.1 Å². The maximum atomic E-state index is 12.3. The van der Waals surface area contributed by atoms with Gasteiger partial charge >= 0.3 is 13.1 Å². The van der Waals surface area contributed by atoms with E-state index in [4.69, 9.17) is 0 Å². The van der Waals surface area contributed by atoms with E-state index in [0.717, 1.165) is 10.0 Å². The quantitative estimate of drug-likeness (QED) is 0.437. The summed E-state index contributed by atoms with van der Waals surface area (Å²) in [5.74, 6) is 0. The van der Waals surface area contributed by atoms with Crippen molar-refractivity contribution in [2.24, 2.45) is 0 Å². The van der Waals surface area contributed by atoms with Gasteiger partial charge in [0.25, 0.3) is 0 Å². The minimum atomic E-state index is -1.67. The lowest BCUT2D eigenvalue weighted by Gasteiger charge is -2.12. The first-order valence-corrected chi connectivity index (χ1v) is 6.23. The Kier molecular flexibility index (Phi) is 2.57. The fourth-order valence-electron chi connectivity index (χ4n) is 1.79. The summed E-state index contributed by atoms with van der Waals surface area (Å²) >= 11 is 0. The van der Waals surface area contributed by atoms with Gasteiger partial charge in [-0.15, -0.1) is 0 Å². The highest BCUT2D eigenvalue weighted by molar-refractivity contribution is 7.54. The van der Waals surface area contributed by atoms with Gasteiger partial charge in [-0.25, -0.2) is 0 Å². The first kappa shape index (κ1) is 10.3. The van der Waals surface area contributed by atoms with Crippen LogP contribution < -0.4 is 5.30 Å². The number of hydroxylamine groups is 1. The van der Waals surface area contributed by atoms with Crippen LogP contribution in [0.4, 0.5) is 0 Å². The summed E-state index contributed by atoms with van der Waals surface area (Å²) in [5.41, 5.74) is 0. The molecule has 0 saturated carbocycles. The predicted octanol–water partition coefficient (Wildman–Crippen LogP) is 2.23. The van der Waals surface area contributed by atoms with Crippen molar-refractivity contribution in [1.29, 1.82) is 0 Å². The maximum absolute atomic E-state index is 12.3. The molecule has 0 saturated heterocycles. The molecule has 0 fully saturated rings. The zero-order valence-corrected chi connectivity index (χ0v) is 9.48. The average Bonchev–Trinajstić information content (AvgIpc) is 2.61. The van der Waals surface area contributed by atoms with Crippen LogP contribution in [0.1, 0.15) is 19.8 Å². The third-order valence-corrected chi connectivity index (χ3v) is 4.88. The van der Waals surface area contributed by atoms with Crippen LogP contribution in [0.2, 0.25) is 0 Å². The molecule has 0 spiro atoms. The molecule has 1 aromatic rings. The highest BCUT2D eigenvalue weighted by Crippen LogP contribution is 2.43. The van der Waals surface area contributed by atoms with Crippen LogP contribution in [0, 0.1) is 5.21 Å². The summed E-state index contributed by atoms with van der Waals surface area (Å²) in [4.78, 5) is 0. The normalized spacial score (nSPS) is 26.2. The number of hydrogen-bond donors (Lipinski definition) is 0. The van der Waals surface area contributed by atoms with Crippen molar-refractivity contribution in [3.05, 3.63) is 35.5 Å². The van der Waals surface area contributed by atoms with E-state index in [1.165, 1.54) is 0 Å². The van der Waals surface area contributed by atoms with Crippen LogP contribution in [0.5, 0.6) is 0 Å². The molecule has 0 amide bonds. The Labute approximate surface area is 89.8 Å². The number of benzene rings is 1. The molecule has 4 heteroatoms. The zero-order chi connectivity index (χ0) is 10.9. The van der Waals surface area contributed by atoms with Gasteiger partial charge in [0.15, 0.2) is 11.5 Å². The van der Waals surface area contributed by atoms with Gasteiger partial charge in [0.2, 0.25) is 0 Å². The summed E-state index contributed by atoms with van der Waals surface area (Å²) in [5, 5.41) is 11.6. The molecule has 1 aliphatic heterocycles. The monoisotopic (exact) mass is 222 g/mol. The van der Waals surface area contributed by atoms with Gasteiger partial charge in [0.1, 0.15) is 0 Å². The summed E-state index contributed by atoms with van der Waals surface area (Å²) in [6.07, 6.45) is 2.96. The second-order valence-corrected chi connectivity index (χ2v) is 5.96. The Morgan fingerprint density at radius 2 is 2.07 bits per heavy atom. The van der Waals surface area contributed by atoms with Crippen molar-refractivity contribution in [3.63, 3.8) is 0 Å². The molecule has 0 radical (unpaired) electrons. The average molecular weight is 222 g/mol. The van der Waals surface area contributed by atoms with Gasteiger partial charge in [0.05, 0.1) is 13.3 Å². The molecule has 3 nitrogen and oxygen atoms in total. The third kappa shape index (κ3) is 1.68. The van der Waals surface area contributed by atoms with E-state index in [0.29, 0.717) is 12.8 Å². The zero-order valence-electron chi connectivity index (χ0n) is 8.59. The summed E-state index contributed by atoms with van der Waals surface area (Å²) < 4.78 is 13.1. The number of rotatable bonds is 2. The van der Waals surface area contributed by atoms with Crippen LogP contribution in [0.25, 0.3) is 0 Å². The largest absolute Gasteiger partial charge is 0.621 e. The molecule has 0 N–H and O–H groups in total. The van der Waals surface area contributed by atoms with Crippen LogP contribution in [-0.2, 0) is 4.57 Å². The molecule has 2 unspecified atom stereocenters. The SMILES string of the molecule is CC1([P+](=O)c2ccccc2)CCC=[N+]1[O-]. The Bertz CT molecular complexity index is 416. The van der Waals surface area contributed by atoms with E-state index < -0.39 is 13.1 Å². The standard InChI is InChI=1S/C11H13NO2P/c1-11(8-5-9-12(11)13)15(14)10-6-3-2-4-7-10/h2-4,6-7,9H,5,8H2,1H3/q+1. The molecular formula is C11H13NO2P+. The van der Waals surface area contributed by atoms with Gasteiger partial charge in [-0.2, -0.15) is 4.74 Å². The van der Waals surface area contributed by atoms with E-state index in [-0.39, 0.29) is 0 Å². The fourth-order valence-corrected chi connectivity index (χ4v) is 3.39. The summed E-state index contributed by atoms with van der Waals surface area (Å²) in [6.45, 7) is 1.77. The highest BCUT2D eigenvalue weighted by Gasteiger charge is 2.55. The molecule has 0 aliphatic carbocycles. The third-order valence-electron chi connectivity index (χ3n) is 2.82. The first-order valence-electron chi connectivity index (χ1n) is 4.97. The molecule has 1 heterocycles. The number of nitrogens with zero attached hydrogens (tertiary/aromatic N) is 1. The van der Waals surface area contributed by atoms with Crippen LogP contribution in [-0.4, -0.2) is 16.2 Å². The van der Waals surface area contributed by atoms with Crippen molar-refractivity contribution in [3.8, 4) is 0 Å². The van der Waals surface area contributed by atoms with Crippen molar-refractivity contribution in [2.45, 2.75) is 25.0 Å². The molecule has 1 aliphatic rings. The van der Waals surface area contributed by atoms with Gasteiger partial charge in [0, 0.05) is 6.42 Å². The van der Waals surface area contributed by atoms with Crippen molar-refractivity contribution in [1.82, 2.24) is 0 Å². The summed E-state index contributed by atoms with van der Waals surface area (Å²) in [7, 11) is -1.67. The molecule has 15 heavy (non-hydrogen) atoms. The predicted molar refractivity (Wildman–Crippen MR) is 61.0 cm³/mol. The van der Waals surface area contributed by atoms with E-state index in [1.807, 2.05) is 30.3 Å². The van der Waals surface area contributed by atoms with Crippen LogP contribution >= 0.6 is 7.80 Å². The lowest BCUT2D eigenvalue weighted by Crippen LogP contribution is -2.30. The minimum Gasteiger partial charge on any atom is -0.621 e. The first-order chi connectivity index (χ1) is 7.14. The molecule has 2 atom stereocenters. The van der Waals surface area contributed by atoms with Gasteiger partial charge < -0.3 is 5.21 Å². The van der Waals surface area contributed by atoms with E-state index >= 15 is 0 Å². The van der Waals surface area contributed by atoms with Crippen molar-refractivity contribution in [2.75, 3.05) is 0 Å². The molecular weight excluding hydrogens is 209 g/mol. The van der Waals surface area contributed by atoms with E-state index in [2.05, 4.69) is 0 Å². The second kappa shape index (κ2) is 3.74. The lowest BCUT2D eigenvalue weighted by atomic mass is 10.2. The van der Waals surface area contributed by atoms with Crippen molar-refractivity contribution < 1.29 is 9.30 Å². The molecule has 0 bridgehead atoms. The van der Waals surface area contributed by atoms with Crippen LogP contribution in [0.15, 0.2) is 30.3 Å². The maximum Gasteiger partial charge on any atom is 0.454 e. The Hall–Kier alpha value is -1.21. The molecule has 2 rings (SSSR count). The minimum absolute atomic E-state index is 0.667. The topological polar surface area (TPSA) is 43.1 Å². The highest BCUT2D eigenvalue weighted by atomic mass is 31.1. The Morgan fingerprint density at radius 3 is 2.60 bits per heavy atom. The summed E-state index contributed by atoms with van der Waals surface area (Å²) in [6, 6.07) is 9.20.